The summed E-state index contributed by atoms with van der Waals surface area (Å²) in [4.78, 5) is 0. The zero-order chi connectivity index (χ0) is 11.1. The third kappa shape index (κ3) is 4.32. The van der Waals surface area contributed by atoms with Gasteiger partial charge in [0.05, 0.1) is 6.10 Å². The smallest absolute Gasteiger partial charge is 0.124 e. The van der Waals surface area contributed by atoms with Gasteiger partial charge < -0.3 is 15.8 Å². The first-order valence-corrected chi connectivity index (χ1v) is 5.39. The molecule has 3 nitrogen and oxygen atoms in total. The number of nitrogens with one attached hydrogen (secondary N) is 1. The lowest BCUT2D eigenvalue weighted by Crippen LogP contribution is -2.22. The van der Waals surface area contributed by atoms with E-state index in [0.717, 1.165) is 18.8 Å². The SMILES string of the molecule is CC(C)Oc1ccccc1CNCCN. The molecule has 0 spiro atoms. The molecule has 0 atom stereocenters. The molecule has 0 radical (unpaired) electrons. The van der Waals surface area contributed by atoms with Gasteiger partial charge in [0.2, 0.25) is 0 Å². The lowest BCUT2D eigenvalue weighted by Gasteiger charge is -2.14. The maximum atomic E-state index is 5.70. The minimum Gasteiger partial charge on any atom is -0.491 e. The minimum atomic E-state index is 0.209. The molecule has 1 rings (SSSR count). The first kappa shape index (κ1) is 12.0. The van der Waals surface area contributed by atoms with Gasteiger partial charge in [-0.3, -0.25) is 0 Å². The Bertz CT molecular complexity index is 287. The van der Waals surface area contributed by atoms with Crippen molar-refractivity contribution in [1.29, 1.82) is 0 Å². The summed E-state index contributed by atoms with van der Waals surface area (Å²) < 4.78 is 5.70. The summed E-state index contributed by atoms with van der Waals surface area (Å²) in [7, 11) is 0. The number of rotatable bonds is 6. The van der Waals surface area contributed by atoms with Gasteiger partial charge in [-0.2, -0.15) is 0 Å². The highest BCUT2D eigenvalue weighted by molar-refractivity contribution is 5.33. The van der Waals surface area contributed by atoms with Crippen LogP contribution in [-0.2, 0) is 6.54 Å². The van der Waals surface area contributed by atoms with Crippen molar-refractivity contribution in [3.05, 3.63) is 29.8 Å². The van der Waals surface area contributed by atoms with Gasteiger partial charge in [0.25, 0.3) is 0 Å². The molecule has 0 saturated carbocycles. The second-order valence-corrected chi connectivity index (χ2v) is 3.74. The van der Waals surface area contributed by atoms with Gasteiger partial charge in [-0.1, -0.05) is 18.2 Å². The Morgan fingerprint density at radius 3 is 2.73 bits per heavy atom. The van der Waals surface area contributed by atoms with Crippen molar-refractivity contribution in [2.45, 2.75) is 26.5 Å². The van der Waals surface area contributed by atoms with E-state index in [4.69, 9.17) is 10.5 Å². The van der Waals surface area contributed by atoms with Crippen LogP contribution in [0.5, 0.6) is 5.75 Å². The van der Waals surface area contributed by atoms with Crippen LogP contribution in [0, 0.1) is 0 Å². The molecule has 0 aliphatic heterocycles. The van der Waals surface area contributed by atoms with Crippen LogP contribution in [0.25, 0.3) is 0 Å². The molecule has 0 saturated heterocycles. The lowest BCUT2D eigenvalue weighted by atomic mass is 10.2. The van der Waals surface area contributed by atoms with Gasteiger partial charge >= 0.3 is 0 Å². The summed E-state index contributed by atoms with van der Waals surface area (Å²) in [6, 6.07) is 8.08. The fourth-order valence-electron chi connectivity index (χ4n) is 1.34. The molecule has 1 aromatic rings. The summed E-state index contributed by atoms with van der Waals surface area (Å²) in [6.45, 7) is 6.36. The van der Waals surface area contributed by atoms with E-state index < -0.39 is 0 Å². The maximum absolute atomic E-state index is 5.70. The molecular formula is C12H20N2O. The monoisotopic (exact) mass is 208 g/mol. The predicted octanol–water partition coefficient (Wildman–Crippen LogP) is 1.52. The minimum absolute atomic E-state index is 0.209. The lowest BCUT2D eigenvalue weighted by molar-refractivity contribution is 0.239. The topological polar surface area (TPSA) is 47.3 Å². The molecule has 3 N–H and O–H groups in total. The van der Waals surface area contributed by atoms with E-state index in [1.807, 2.05) is 32.0 Å². The average molecular weight is 208 g/mol. The number of hydrogen-bond acceptors (Lipinski definition) is 3. The Hall–Kier alpha value is -1.06. The van der Waals surface area contributed by atoms with E-state index in [0.29, 0.717) is 6.54 Å². The van der Waals surface area contributed by atoms with Crippen molar-refractivity contribution in [3.63, 3.8) is 0 Å². The third-order valence-corrected chi connectivity index (χ3v) is 1.97. The number of ether oxygens (including phenoxy) is 1. The Balaban J connectivity index is 2.60. The Morgan fingerprint density at radius 2 is 2.07 bits per heavy atom. The van der Waals surface area contributed by atoms with Crippen molar-refractivity contribution in [1.82, 2.24) is 5.32 Å². The molecule has 0 bridgehead atoms. The quantitative estimate of drug-likeness (QED) is 0.697. The van der Waals surface area contributed by atoms with E-state index in [-0.39, 0.29) is 6.10 Å². The fraction of sp³-hybridized carbons (Fsp3) is 0.500. The standard InChI is InChI=1S/C12H20N2O/c1-10(2)15-12-6-4-3-5-11(12)9-14-8-7-13/h3-6,10,14H,7-9,13H2,1-2H3. The predicted molar refractivity (Wildman–Crippen MR) is 63.0 cm³/mol. The van der Waals surface area contributed by atoms with Crippen molar-refractivity contribution < 1.29 is 4.74 Å². The van der Waals surface area contributed by atoms with Crippen LogP contribution < -0.4 is 15.8 Å². The Labute approximate surface area is 91.6 Å². The molecule has 15 heavy (non-hydrogen) atoms. The fourth-order valence-corrected chi connectivity index (χ4v) is 1.34. The van der Waals surface area contributed by atoms with Crippen molar-refractivity contribution in [2.75, 3.05) is 13.1 Å². The van der Waals surface area contributed by atoms with E-state index in [9.17, 15) is 0 Å². The summed E-state index contributed by atoms with van der Waals surface area (Å²) in [6.07, 6.45) is 0.209. The van der Waals surface area contributed by atoms with Gasteiger partial charge in [-0.05, 0) is 19.9 Å². The van der Waals surface area contributed by atoms with Crippen molar-refractivity contribution in [2.24, 2.45) is 5.73 Å². The summed E-state index contributed by atoms with van der Waals surface area (Å²) >= 11 is 0. The summed E-state index contributed by atoms with van der Waals surface area (Å²) in [5.74, 6) is 0.956. The van der Waals surface area contributed by atoms with E-state index in [2.05, 4.69) is 11.4 Å². The molecule has 0 aromatic heterocycles. The zero-order valence-corrected chi connectivity index (χ0v) is 9.49. The molecule has 0 aliphatic rings. The molecule has 0 unspecified atom stereocenters. The Kier molecular flexibility index (Phi) is 5.15. The molecule has 0 amide bonds. The van der Waals surface area contributed by atoms with Crippen molar-refractivity contribution in [3.8, 4) is 5.75 Å². The number of para-hydroxylation sites is 1. The van der Waals surface area contributed by atoms with Crippen LogP contribution >= 0.6 is 0 Å². The number of benzene rings is 1. The third-order valence-electron chi connectivity index (χ3n) is 1.97. The highest BCUT2D eigenvalue weighted by atomic mass is 16.5. The first-order chi connectivity index (χ1) is 7.24. The molecular weight excluding hydrogens is 188 g/mol. The van der Waals surface area contributed by atoms with E-state index >= 15 is 0 Å². The van der Waals surface area contributed by atoms with Gasteiger partial charge in [-0.15, -0.1) is 0 Å². The second-order valence-electron chi connectivity index (χ2n) is 3.74. The molecule has 3 heteroatoms. The Morgan fingerprint density at radius 1 is 1.33 bits per heavy atom. The number of hydrogen-bond donors (Lipinski definition) is 2. The largest absolute Gasteiger partial charge is 0.491 e. The number of nitrogens with two attached hydrogens (primary N) is 1. The van der Waals surface area contributed by atoms with Gasteiger partial charge in [-0.25, -0.2) is 0 Å². The highest BCUT2D eigenvalue weighted by Crippen LogP contribution is 2.18. The van der Waals surface area contributed by atoms with Crippen LogP contribution in [0.2, 0.25) is 0 Å². The normalized spacial score (nSPS) is 10.7. The maximum Gasteiger partial charge on any atom is 0.124 e. The zero-order valence-electron chi connectivity index (χ0n) is 9.49. The van der Waals surface area contributed by atoms with E-state index in [1.165, 1.54) is 5.56 Å². The first-order valence-electron chi connectivity index (χ1n) is 5.39. The van der Waals surface area contributed by atoms with Gasteiger partial charge in [0, 0.05) is 25.2 Å². The van der Waals surface area contributed by atoms with Crippen LogP contribution in [-0.4, -0.2) is 19.2 Å². The van der Waals surface area contributed by atoms with Crippen LogP contribution in [0.3, 0.4) is 0 Å². The molecule has 84 valence electrons. The molecule has 0 fully saturated rings. The highest BCUT2D eigenvalue weighted by Gasteiger charge is 2.03. The van der Waals surface area contributed by atoms with Crippen LogP contribution in [0.1, 0.15) is 19.4 Å². The molecule has 0 aliphatic carbocycles. The van der Waals surface area contributed by atoms with Gasteiger partial charge in [0.15, 0.2) is 0 Å². The summed E-state index contributed by atoms with van der Waals surface area (Å²) in [5.41, 5.74) is 6.60. The van der Waals surface area contributed by atoms with E-state index in [1.54, 1.807) is 0 Å². The van der Waals surface area contributed by atoms with Crippen LogP contribution in [0.15, 0.2) is 24.3 Å². The second kappa shape index (κ2) is 6.43. The van der Waals surface area contributed by atoms with Gasteiger partial charge in [0.1, 0.15) is 5.75 Å². The average Bonchev–Trinajstić information content (AvgIpc) is 2.20. The summed E-state index contributed by atoms with van der Waals surface area (Å²) in [5, 5.41) is 3.26. The van der Waals surface area contributed by atoms with Crippen LogP contribution in [0.4, 0.5) is 0 Å². The molecule has 0 heterocycles. The molecule has 1 aromatic carbocycles. The van der Waals surface area contributed by atoms with Crippen molar-refractivity contribution >= 4 is 0 Å².